The molecule has 0 heterocycles. The van der Waals surface area contributed by atoms with Crippen molar-refractivity contribution >= 4 is 5.91 Å². The number of rotatable bonds is 2. The van der Waals surface area contributed by atoms with Gasteiger partial charge >= 0.3 is 0 Å². The Morgan fingerprint density at radius 2 is 2.12 bits per heavy atom. The van der Waals surface area contributed by atoms with Gasteiger partial charge in [0.2, 0.25) is 5.91 Å². The first-order chi connectivity index (χ1) is 8.19. The third kappa shape index (κ3) is 1.29. The van der Waals surface area contributed by atoms with Crippen molar-refractivity contribution in [3.05, 3.63) is 35.4 Å². The lowest BCUT2D eigenvalue weighted by molar-refractivity contribution is -0.123. The van der Waals surface area contributed by atoms with E-state index in [2.05, 4.69) is 29.6 Å². The first-order valence-electron chi connectivity index (χ1n) is 6.37. The van der Waals surface area contributed by atoms with Gasteiger partial charge in [0.15, 0.2) is 0 Å². The minimum absolute atomic E-state index is 0.0642. The molecule has 3 aliphatic rings. The fraction of sp³-hybridized carbons (Fsp3) is 0.500. The zero-order valence-corrected chi connectivity index (χ0v) is 9.65. The van der Waals surface area contributed by atoms with Crippen molar-refractivity contribution in [2.45, 2.75) is 36.8 Å². The van der Waals surface area contributed by atoms with Gasteiger partial charge < -0.3 is 11.1 Å². The molecule has 3 aliphatic carbocycles. The maximum atomic E-state index is 11.9. The Kier molecular flexibility index (Phi) is 1.65. The number of fused-ring (bicyclic) bond motifs is 3. The second-order valence-corrected chi connectivity index (χ2v) is 5.75. The highest BCUT2D eigenvalue weighted by molar-refractivity contribution is 5.89. The topological polar surface area (TPSA) is 55.1 Å². The van der Waals surface area contributed by atoms with Gasteiger partial charge in [-0.3, -0.25) is 4.79 Å². The van der Waals surface area contributed by atoms with Crippen LogP contribution in [0.25, 0.3) is 0 Å². The van der Waals surface area contributed by atoms with Crippen LogP contribution in [-0.4, -0.2) is 17.5 Å². The van der Waals surface area contributed by atoms with Gasteiger partial charge in [-0.1, -0.05) is 24.3 Å². The molecule has 2 saturated carbocycles. The van der Waals surface area contributed by atoms with E-state index >= 15 is 0 Å². The molecule has 0 spiro atoms. The minimum Gasteiger partial charge on any atom is -0.351 e. The molecule has 4 rings (SSSR count). The molecule has 0 radical (unpaired) electrons. The molecule has 0 saturated heterocycles. The molecule has 0 aromatic heterocycles. The van der Waals surface area contributed by atoms with Gasteiger partial charge in [-0.05, 0) is 36.3 Å². The molecule has 17 heavy (non-hydrogen) atoms. The predicted octanol–water partition coefficient (Wildman–Crippen LogP) is 0.932. The van der Waals surface area contributed by atoms with E-state index in [1.165, 1.54) is 11.1 Å². The average molecular weight is 228 g/mol. The average Bonchev–Trinajstić information content (AvgIpc) is 3.18. The lowest BCUT2D eigenvalue weighted by Gasteiger charge is -2.12. The molecule has 1 aromatic carbocycles. The van der Waals surface area contributed by atoms with E-state index in [4.69, 9.17) is 5.73 Å². The number of carbonyl (C=O) groups is 1. The standard InChI is InChI=1S/C14H16N2O/c15-14(5-6-14)13(17)16-12-10-7-8-3-1-2-4-9(8)11(10)12/h1-4,10-12H,5-7,15H2,(H,16,17). The molecule has 3 nitrogen and oxygen atoms in total. The highest BCUT2D eigenvalue weighted by Gasteiger charge is 2.58. The van der Waals surface area contributed by atoms with Gasteiger partial charge in [0.05, 0.1) is 5.54 Å². The van der Waals surface area contributed by atoms with Crippen molar-refractivity contribution in [3.63, 3.8) is 0 Å². The fourth-order valence-corrected chi connectivity index (χ4v) is 3.20. The molecule has 3 unspecified atom stereocenters. The summed E-state index contributed by atoms with van der Waals surface area (Å²) in [6.45, 7) is 0. The smallest absolute Gasteiger partial charge is 0.240 e. The summed E-state index contributed by atoms with van der Waals surface area (Å²) in [6.07, 6.45) is 2.80. The zero-order valence-electron chi connectivity index (χ0n) is 9.65. The van der Waals surface area contributed by atoms with Crippen LogP contribution in [0.2, 0.25) is 0 Å². The molecule has 0 bridgehead atoms. The fourth-order valence-electron chi connectivity index (χ4n) is 3.20. The van der Waals surface area contributed by atoms with E-state index < -0.39 is 5.54 Å². The summed E-state index contributed by atoms with van der Waals surface area (Å²) in [5.74, 6) is 1.24. The Hall–Kier alpha value is -1.35. The van der Waals surface area contributed by atoms with Crippen molar-refractivity contribution in [2.24, 2.45) is 11.7 Å². The Balaban J connectivity index is 1.50. The summed E-state index contributed by atoms with van der Waals surface area (Å²) in [6, 6.07) is 8.92. The van der Waals surface area contributed by atoms with Gasteiger partial charge in [-0.25, -0.2) is 0 Å². The van der Waals surface area contributed by atoms with E-state index in [0.717, 1.165) is 19.3 Å². The summed E-state index contributed by atoms with van der Waals surface area (Å²) in [4.78, 5) is 11.9. The molecule has 3 heteroatoms. The Morgan fingerprint density at radius 1 is 1.35 bits per heavy atom. The quantitative estimate of drug-likeness (QED) is 0.791. The Morgan fingerprint density at radius 3 is 2.88 bits per heavy atom. The summed E-state index contributed by atoms with van der Waals surface area (Å²) in [5.41, 5.74) is 8.26. The number of hydrogen-bond donors (Lipinski definition) is 2. The highest BCUT2D eigenvalue weighted by atomic mass is 16.2. The number of carbonyl (C=O) groups excluding carboxylic acids is 1. The van der Waals surface area contributed by atoms with Crippen LogP contribution >= 0.6 is 0 Å². The first-order valence-corrected chi connectivity index (χ1v) is 6.37. The summed E-state index contributed by atoms with van der Waals surface area (Å²) in [7, 11) is 0. The summed E-state index contributed by atoms with van der Waals surface area (Å²) >= 11 is 0. The van der Waals surface area contributed by atoms with Crippen LogP contribution in [0.1, 0.15) is 29.9 Å². The molecule has 88 valence electrons. The number of hydrogen-bond acceptors (Lipinski definition) is 2. The van der Waals surface area contributed by atoms with Crippen LogP contribution in [-0.2, 0) is 11.2 Å². The Bertz CT molecular complexity index is 507. The van der Waals surface area contributed by atoms with Gasteiger partial charge in [-0.2, -0.15) is 0 Å². The SMILES string of the molecule is NC1(C(=O)NC2C3Cc4ccccc4C32)CC1. The zero-order chi connectivity index (χ0) is 11.6. The monoisotopic (exact) mass is 228 g/mol. The van der Waals surface area contributed by atoms with Gasteiger partial charge in [0.1, 0.15) is 0 Å². The van der Waals surface area contributed by atoms with Crippen LogP contribution in [0.15, 0.2) is 24.3 Å². The van der Waals surface area contributed by atoms with Gasteiger partial charge in [0, 0.05) is 12.0 Å². The lowest BCUT2D eigenvalue weighted by atomic mass is 10.0. The first kappa shape index (κ1) is 9.66. The summed E-state index contributed by atoms with van der Waals surface area (Å²) < 4.78 is 0. The Labute approximate surface area is 100 Å². The maximum Gasteiger partial charge on any atom is 0.240 e. The van der Waals surface area contributed by atoms with Gasteiger partial charge in [0.25, 0.3) is 0 Å². The van der Waals surface area contributed by atoms with Crippen LogP contribution in [0.5, 0.6) is 0 Å². The van der Waals surface area contributed by atoms with E-state index in [1.807, 2.05) is 0 Å². The van der Waals surface area contributed by atoms with Crippen molar-refractivity contribution < 1.29 is 4.79 Å². The number of benzene rings is 1. The molecule has 2 fully saturated rings. The van der Waals surface area contributed by atoms with E-state index in [9.17, 15) is 4.79 Å². The number of nitrogens with two attached hydrogens (primary N) is 1. The molecule has 3 N–H and O–H groups in total. The number of nitrogens with one attached hydrogen (secondary N) is 1. The van der Waals surface area contributed by atoms with Crippen LogP contribution in [0.4, 0.5) is 0 Å². The molecule has 3 atom stereocenters. The van der Waals surface area contributed by atoms with Gasteiger partial charge in [-0.15, -0.1) is 0 Å². The molecule has 1 amide bonds. The lowest BCUT2D eigenvalue weighted by Crippen LogP contribution is -2.44. The number of amides is 1. The molecular weight excluding hydrogens is 212 g/mol. The largest absolute Gasteiger partial charge is 0.351 e. The van der Waals surface area contributed by atoms with E-state index in [-0.39, 0.29) is 5.91 Å². The predicted molar refractivity (Wildman–Crippen MR) is 64.5 cm³/mol. The highest BCUT2D eigenvalue weighted by Crippen LogP contribution is 2.56. The third-order valence-corrected chi connectivity index (χ3v) is 4.58. The van der Waals surface area contributed by atoms with E-state index in [1.54, 1.807) is 0 Å². The van der Waals surface area contributed by atoms with Crippen LogP contribution in [0.3, 0.4) is 0 Å². The van der Waals surface area contributed by atoms with E-state index in [0.29, 0.717) is 17.9 Å². The second kappa shape index (κ2) is 2.91. The normalized spacial score (nSPS) is 34.8. The maximum absolute atomic E-state index is 11.9. The second-order valence-electron chi connectivity index (χ2n) is 5.75. The van der Waals surface area contributed by atoms with Crippen molar-refractivity contribution in [2.75, 3.05) is 0 Å². The molecule has 0 aliphatic heterocycles. The van der Waals surface area contributed by atoms with Crippen molar-refractivity contribution in [1.29, 1.82) is 0 Å². The van der Waals surface area contributed by atoms with Crippen LogP contribution in [0, 0.1) is 5.92 Å². The molecular formula is C14H16N2O. The van der Waals surface area contributed by atoms with Crippen molar-refractivity contribution in [3.8, 4) is 0 Å². The molecule has 1 aromatic rings. The summed E-state index contributed by atoms with van der Waals surface area (Å²) in [5, 5.41) is 3.14. The minimum atomic E-state index is -0.531. The van der Waals surface area contributed by atoms with Crippen LogP contribution < -0.4 is 11.1 Å². The van der Waals surface area contributed by atoms with Crippen molar-refractivity contribution in [1.82, 2.24) is 5.32 Å². The third-order valence-electron chi connectivity index (χ3n) is 4.58.